The summed E-state index contributed by atoms with van der Waals surface area (Å²) in [7, 11) is 0. The van der Waals surface area contributed by atoms with Crippen LogP contribution in [0.25, 0.3) is 11.3 Å². The van der Waals surface area contributed by atoms with Crippen LogP contribution in [-0.2, 0) is 9.47 Å². The second kappa shape index (κ2) is 8.34. The molecule has 0 spiro atoms. The number of carbonyl (C=O) groups is 1. The van der Waals surface area contributed by atoms with E-state index in [0.717, 1.165) is 12.8 Å². The van der Waals surface area contributed by atoms with Crippen molar-refractivity contribution in [2.45, 2.75) is 19.8 Å². The summed E-state index contributed by atoms with van der Waals surface area (Å²) < 4.78 is 28.7. The first-order chi connectivity index (χ1) is 10.7. The van der Waals surface area contributed by atoms with Crippen LogP contribution in [0.2, 0.25) is 0 Å². The Hall–Kier alpha value is -2.14. The summed E-state index contributed by atoms with van der Waals surface area (Å²) in [4.78, 5) is 11.8. The Labute approximate surface area is 128 Å². The molecule has 118 valence electrons. The van der Waals surface area contributed by atoms with Crippen LogP contribution < -0.4 is 0 Å². The van der Waals surface area contributed by atoms with Crippen LogP contribution in [0.15, 0.2) is 40.8 Å². The molecule has 0 amide bonds. The third-order valence-corrected chi connectivity index (χ3v) is 3.04. The van der Waals surface area contributed by atoms with Gasteiger partial charge in [0, 0.05) is 12.2 Å². The summed E-state index contributed by atoms with van der Waals surface area (Å²) in [5.41, 5.74) is 0.698. The molecular formula is C17H19FO4. The first-order valence-corrected chi connectivity index (χ1v) is 7.31. The van der Waals surface area contributed by atoms with E-state index >= 15 is 0 Å². The van der Waals surface area contributed by atoms with Gasteiger partial charge in [0.1, 0.15) is 18.2 Å². The Morgan fingerprint density at radius 3 is 2.59 bits per heavy atom. The highest BCUT2D eigenvalue weighted by Crippen LogP contribution is 2.22. The third-order valence-electron chi connectivity index (χ3n) is 3.04. The lowest BCUT2D eigenvalue weighted by molar-refractivity contribution is 0.0285. The van der Waals surface area contributed by atoms with E-state index in [1.807, 2.05) is 0 Å². The smallest absolute Gasteiger partial charge is 0.374 e. The minimum Gasteiger partial charge on any atom is -0.457 e. The lowest BCUT2D eigenvalue weighted by Gasteiger charge is -2.04. The Bertz CT molecular complexity index is 589. The Morgan fingerprint density at radius 2 is 1.86 bits per heavy atom. The second-order valence-electron chi connectivity index (χ2n) is 4.77. The second-order valence-corrected chi connectivity index (χ2v) is 4.77. The molecule has 4 nitrogen and oxygen atoms in total. The molecule has 0 saturated heterocycles. The number of benzene rings is 1. The van der Waals surface area contributed by atoms with Crippen molar-refractivity contribution in [2.75, 3.05) is 19.8 Å². The van der Waals surface area contributed by atoms with Crippen molar-refractivity contribution in [3.63, 3.8) is 0 Å². The number of hydrogen-bond acceptors (Lipinski definition) is 4. The summed E-state index contributed by atoms with van der Waals surface area (Å²) in [5.74, 6) is -0.246. The highest BCUT2D eigenvalue weighted by Gasteiger charge is 2.13. The number of esters is 1. The van der Waals surface area contributed by atoms with E-state index in [2.05, 4.69) is 6.92 Å². The largest absolute Gasteiger partial charge is 0.457 e. The molecule has 2 aromatic rings. The first-order valence-electron chi connectivity index (χ1n) is 7.31. The maximum absolute atomic E-state index is 12.9. The number of rotatable bonds is 8. The normalized spacial score (nSPS) is 10.6. The molecule has 0 N–H and O–H groups in total. The zero-order chi connectivity index (χ0) is 15.8. The zero-order valence-electron chi connectivity index (χ0n) is 12.5. The van der Waals surface area contributed by atoms with Gasteiger partial charge in [0.15, 0.2) is 0 Å². The summed E-state index contributed by atoms with van der Waals surface area (Å²) in [5, 5.41) is 0. The number of halogens is 1. The molecule has 22 heavy (non-hydrogen) atoms. The van der Waals surface area contributed by atoms with Gasteiger partial charge in [0.05, 0.1) is 6.61 Å². The van der Waals surface area contributed by atoms with E-state index in [0.29, 0.717) is 24.5 Å². The van der Waals surface area contributed by atoms with Crippen LogP contribution in [0.3, 0.4) is 0 Å². The molecule has 0 atom stereocenters. The van der Waals surface area contributed by atoms with Crippen molar-refractivity contribution in [1.29, 1.82) is 0 Å². The van der Waals surface area contributed by atoms with Gasteiger partial charge in [-0.15, -0.1) is 0 Å². The minimum absolute atomic E-state index is 0.118. The van der Waals surface area contributed by atoms with Gasteiger partial charge >= 0.3 is 5.97 Å². The van der Waals surface area contributed by atoms with E-state index < -0.39 is 5.97 Å². The van der Waals surface area contributed by atoms with Crippen LogP contribution >= 0.6 is 0 Å². The van der Waals surface area contributed by atoms with Crippen molar-refractivity contribution >= 4 is 5.97 Å². The van der Waals surface area contributed by atoms with E-state index in [-0.39, 0.29) is 18.2 Å². The lowest BCUT2D eigenvalue weighted by Crippen LogP contribution is -2.10. The van der Waals surface area contributed by atoms with Gasteiger partial charge < -0.3 is 13.9 Å². The average Bonchev–Trinajstić information content (AvgIpc) is 3.01. The van der Waals surface area contributed by atoms with Crippen molar-refractivity contribution < 1.29 is 23.1 Å². The first kappa shape index (κ1) is 16.2. The SMILES string of the molecule is CCCCOCCOC(=O)c1ccc(-c2ccc(F)cc2)o1. The minimum atomic E-state index is -0.535. The Balaban J connectivity index is 1.83. The summed E-state index contributed by atoms with van der Waals surface area (Å²) >= 11 is 0. The van der Waals surface area contributed by atoms with Crippen LogP contribution in [0, 0.1) is 5.82 Å². The summed E-state index contributed by atoms with van der Waals surface area (Å²) in [6, 6.07) is 9.04. The predicted octanol–water partition coefficient (Wildman–Crippen LogP) is 4.06. The van der Waals surface area contributed by atoms with Crippen molar-refractivity contribution in [3.8, 4) is 11.3 Å². The molecule has 0 saturated carbocycles. The molecule has 5 heteroatoms. The molecular weight excluding hydrogens is 287 g/mol. The Kier molecular flexibility index (Phi) is 6.15. The number of hydrogen-bond donors (Lipinski definition) is 0. The van der Waals surface area contributed by atoms with Gasteiger partial charge in [-0.1, -0.05) is 13.3 Å². The van der Waals surface area contributed by atoms with Gasteiger partial charge in [0.2, 0.25) is 5.76 Å². The van der Waals surface area contributed by atoms with Crippen molar-refractivity contribution in [3.05, 3.63) is 48.0 Å². The van der Waals surface area contributed by atoms with E-state index in [1.54, 1.807) is 24.3 Å². The fourth-order valence-electron chi connectivity index (χ4n) is 1.83. The van der Waals surface area contributed by atoms with Crippen LogP contribution in [0.1, 0.15) is 30.3 Å². The molecule has 0 aliphatic carbocycles. The molecule has 0 unspecified atom stereocenters. The standard InChI is InChI=1S/C17H19FO4/c1-2-3-10-20-11-12-21-17(19)16-9-8-15(22-16)13-4-6-14(18)7-5-13/h4-9H,2-3,10-12H2,1H3. The van der Waals surface area contributed by atoms with Crippen LogP contribution in [-0.4, -0.2) is 25.8 Å². The van der Waals surface area contributed by atoms with Crippen LogP contribution in [0.5, 0.6) is 0 Å². The fraction of sp³-hybridized carbons (Fsp3) is 0.353. The third kappa shape index (κ3) is 4.70. The monoisotopic (exact) mass is 306 g/mol. The summed E-state index contributed by atoms with van der Waals surface area (Å²) in [6.45, 7) is 3.31. The topological polar surface area (TPSA) is 48.7 Å². The molecule has 1 aromatic heterocycles. The van der Waals surface area contributed by atoms with Crippen LogP contribution in [0.4, 0.5) is 4.39 Å². The number of ether oxygens (including phenoxy) is 2. The quantitative estimate of drug-likeness (QED) is 0.545. The van der Waals surface area contributed by atoms with Gasteiger partial charge in [-0.05, 0) is 42.8 Å². The Morgan fingerprint density at radius 1 is 1.09 bits per heavy atom. The average molecular weight is 306 g/mol. The molecule has 0 radical (unpaired) electrons. The fourth-order valence-corrected chi connectivity index (χ4v) is 1.83. The highest BCUT2D eigenvalue weighted by molar-refractivity contribution is 5.87. The van der Waals surface area contributed by atoms with Crippen molar-refractivity contribution in [2.24, 2.45) is 0 Å². The van der Waals surface area contributed by atoms with Crippen molar-refractivity contribution in [1.82, 2.24) is 0 Å². The van der Waals surface area contributed by atoms with E-state index in [9.17, 15) is 9.18 Å². The summed E-state index contributed by atoms with van der Waals surface area (Å²) in [6.07, 6.45) is 2.06. The molecule has 0 aliphatic rings. The highest BCUT2D eigenvalue weighted by atomic mass is 19.1. The number of carbonyl (C=O) groups excluding carboxylic acids is 1. The predicted molar refractivity (Wildman–Crippen MR) is 80.1 cm³/mol. The molecule has 0 bridgehead atoms. The van der Waals surface area contributed by atoms with Gasteiger partial charge in [-0.3, -0.25) is 0 Å². The van der Waals surface area contributed by atoms with E-state index in [4.69, 9.17) is 13.9 Å². The molecule has 0 aliphatic heterocycles. The lowest BCUT2D eigenvalue weighted by atomic mass is 10.2. The van der Waals surface area contributed by atoms with E-state index in [1.165, 1.54) is 12.1 Å². The molecule has 1 heterocycles. The molecule has 1 aromatic carbocycles. The number of unbranched alkanes of at least 4 members (excludes halogenated alkanes) is 1. The maximum atomic E-state index is 12.9. The maximum Gasteiger partial charge on any atom is 0.374 e. The molecule has 2 rings (SSSR count). The van der Waals surface area contributed by atoms with Gasteiger partial charge in [-0.25, -0.2) is 9.18 Å². The van der Waals surface area contributed by atoms with Gasteiger partial charge in [0.25, 0.3) is 0 Å². The zero-order valence-corrected chi connectivity index (χ0v) is 12.5. The number of furan rings is 1. The molecule has 0 fully saturated rings. The van der Waals surface area contributed by atoms with Gasteiger partial charge in [-0.2, -0.15) is 0 Å².